The molecule has 0 saturated heterocycles. The summed E-state index contributed by atoms with van der Waals surface area (Å²) in [6, 6.07) is 7.92. The van der Waals surface area contributed by atoms with Gasteiger partial charge in [0.25, 0.3) is 11.5 Å². The molecule has 1 amide bonds. The van der Waals surface area contributed by atoms with E-state index in [2.05, 4.69) is 20.4 Å². The Hall–Kier alpha value is -2.84. The summed E-state index contributed by atoms with van der Waals surface area (Å²) < 4.78 is 6.90. The second-order valence-electron chi connectivity index (χ2n) is 6.76. The van der Waals surface area contributed by atoms with Crippen molar-refractivity contribution < 1.29 is 9.53 Å². The molecule has 1 aliphatic rings. The number of H-pyrrole nitrogens is 1. The first-order valence-electron chi connectivity index (χ1n) is 8.95. The number of benzene rings is 1. The molecule has 1 saturated carbocycles. The topological polar surface area (TPSA) is 102 Å². The molecule has 2 aromatic heterocycles. The van der Waals surface area contributed by atoms with Crippen LogP contribution in [0.2, 0.25) is 10.0 Å². The molecule has 29 heavy (non-hydrogen) atoms. The lowest BCUT2D eigenvalue weighted by Gasteiger charge is -2.10. The van der Waals surface area contributed by atoms with Gasteiger partial charge in [0, 0.05) is 28.8 Å². The fourth-order valence-corrected chi connectivity index (χ4v) is 3.27. The number of ether oxygens (including phenoxy) is 1. The van der Waals surface area contributed by atoms with Gasteiger partial charge in [0.2, 0.25) is 5.95 Å². The molecule has 10 heteroatoms. The van der Waals surface area contributed by atoms with Crippen LogP contribution in [0.4, 0.5) is 5.82 Å². The molecule has 2 N–H and O–H groups in total. The number of nitrogens with zero attached hydrogens (tertiary/aromatic N) is 3. The van der Waals surface area contributed by atoms with Gasteiger partial charge in [-0.1, -0.05) is 23.2 Å². The van der Waals surface area contributed by atoms with E-state index in [9.17, 15) is 9.59 Å². The number of aromatic amines is 1. The normalized spacial score (nSPS) is 13.3. The highest BCUT2D eigenvalue weighted by atomic mass is 35.5. The van der Waals surface area contributed by atoms with Gasteiger partial charge in [0.05, 0.1) is 10.7 Å². The molecule has 0 atom stereocenters. The molecule has 1 aliphatic carbocycles. The number of carbonyl (C=O) groups excluding carboxylic acids is 1. The lowest BCUT2D eigenvalue weighted by atomic mass is 10.3. The molecule has 0 spiro atoms. The summed E-state index contributed by atoms with van der Waals surface area (Å²) in [6.45, 7) is 1.45. The summed E-state index contributed by atoms with van der Waals surface area (Å²) in [5.41, 5.74) is 1.09. The molecular formula is C19H17Cl2N5O3. The summed E-state index contributed by atoms with van der Waals surface area (Å²) in [5, 5.41) is 8.06. The third-order valence-corrected chi connectivity index (χ3v) is 4.83. The van der Waals surface area contributed by atoms with Crippen molar-refractivity contribution in [2.45, 2.75) is 25.7 Å². The molecular weight excluding hydrogens is 417 g/mol. The van der Waals surface area contributed by atoms with Crippen molar-refractivity contribution in [3.63, 3.8) is 0 Å². The van der Waals surface area contributed by atoms with E-state index in [1.807, 2.05) is 0 Å². The Balaban J connectivity index is 1.54. The number of rotatable bonds is 6. The van der Waals surface area contributed by atoms with Crippen LogP contribution in [0.3, 0.4) is 0 Å². The maximum atomic E-state index is 12.4. The van der Waals surface area contributed by atoms with Gasteiger partial charge in [-0.15, -0.1) is 0 Å². The highest BCUT2D eigenvalue weighted by Gasteiger charge is 2.28. The van der Waals surface area contributed by atoms with E-state index in [1.165, 1.54) is 16.8 Å². The number of aryl methyl sites for hydroxylation is 1. The Kier molecular flexibility index (Phi) is 5.29. The summed E-state index contributed by atoms with van der Waals surface area (Å²) in [5.74, 6) is 0.931. The zero-order valence-corrected chi connectivity index (χ0v) is 16.9. The summed E-state index contributed by atoms with van der Waals surface area (Å²) >= 11 is 11.9. The molecule has 0 unspecified atom stereocenters. The molecule has 1 fully saturated rings. The number of hydrogen-bond donors (Lipinski definition) is 2. The fraction of sp³-hybridized carbons (Fsp3) is 0.263. The van der Waals surface area contributed by atoms with E-state index in [4.69, 9.17) is 27.9 Å². The van der Waals surface area contributed by atoms with Crippen LogP contribution in [0, 0.1) is 6.92 Å². The van der Waals surface area contributed by atoms with Crippen LogP contribution in [0.5, 0.6) is 5.75 Å². The largest absolute Gasteiger partial charge is 0.482 e. The molecule has 0 aliphatic heterocycles. The predicted molar refractivity (Wildman–Crippen MR) is 109 cm³/mol. The second-order valence-corrected chi connectivity index (χ2v) is 7.61. The minimum atomic E-state index is -0.408. The Labute approximate surface area is 175 Å². The fourth-order valence-electron chi connectivity index (χ4n) is 2.81. The Morgan fingerprint density at radius 2 is 2.10 bits per heavy atom. The van der Waals surface area contributed by atoms with E-state index in [-0.39, 0.29) is 18.1 Å². The van der Waals surface area contributed by atoms with Crippen LogP contribution in [0.25, 0.3) is 5.95 Å². The standard InChI is InChI=1S/C19H17Cl2N5O3/c1-10-6-17(27)24-19(22-10)26-16(8-14(25-26)11-2-3-11)23-18(28)9-29-15-5-4-12(20)7-13(15)21/h4-8,11H,2-3,9H2,1H3,(H,23,28)(H,22,24,27). The zero-order valence-electron chi connectivity index (χ0n) is 15.4. The van der Waals surface area contributed by atoms with Crippen LogP contribution < -0.4 is 15.6 Å². The molecule has 1 aromatic carbocycles. The van der Waals surface area contributed by atoms with Crippen LogP contribution in [-0.2, 0) is 4.79 Å². The van der Waals surface area contributed by atoms with Gasteiger partial charge in [-0.2, -0.15) is 9.78 Å². The van der Waals surface area contributed by atoms with Crippen molar-refractivity contribution in [3.05, 3.63) is 62.1 Å². The van der Waals surface area contributed by atoms with Crippen molar-refractivity contribution in [3.8, 4) is 11.7 Å². The summed E-state index contributed by atoms with van der Waals surface area (Å²) in [4.78, 5) is 31.2. The van der Waals surface area contributed by atoms with Crippen LogP contribution >= 0.6 is 23.2 Å². The number of hydrogen-bond acceptors (Lipinski definition) is 5. The summed E-state index contributed by atoms with van der Waals surface area (Å²) in [6.07, 6.45) is 2.08. The molecule has 4 rings (SSSR count). The highest BCUT2D eigenvalue weighted by Crippen LogP contribution is 2.40. The number of amides is 1. The van der Waals surface area contributed by atoms with Crippen molar-refractivity contribution in [2.24, 2.45) is 0 Å². The van der Waals surface area contributed by atoms with E-state index >= 15 is 0 Å². The third kappa shape index (κ3) is 4.60. The summed E-state index contributed by atoms with van der Waals surface area (Å²) in [7, 11) is 0. The van der Waals surface area contributed by atoms with Gasteiger partial charge < -0.3 is 10.1 Å². The lowest BCUT2D eigenvalue weighted by molar-refractivity contribution is -0.118. The third-order valence-electron chi connectivity index (χ3n) is 4.30. The number of aromatic nitrogens is 4. The minimum Gasteiger partial charge on any atom is -0.482 e. The van der Waals surface area contributed by atoms with Crippen molar-refractivity contribution in [2.75, 3.05) is 11.9 Å². The monoisotopic (exact) mass is 433 g/mol. The van der Waals surface area contributed by atoms with Crippen molar-refractivity contribution >= 4 is 34.9 Å². The van der Waals surface area contributed by atoms with Gasteiger partial charge in [-0.3, -0.25) is 14.6 Å². The van der Waals surface area contributed by atoms with E-state index in [0.717, 1.165) is 18.5 Å². The molecule has 0 radical (unpaired) electrons. The average Bonchev–Trinajstić information content (AvgIpc) is 3.41. The highest BCUT2D eigenvalue weighted by molar-refractivity contribution is 6.35. The van der Waals surface area contributed by atoms with Crippen molar-refractivity contribution in [1.29, 1.82) is 0 Å². The van der Waals surface area contributed by atoms with Gasteiger partial charge in [0.1, 0.15) is 11.6 Å². The average molecular weight is 434 g/mol. The zero-order chi connectivity index (χ0) is 20.5. The Bertz CT molecular complexity index is 1140. The predicted octanol–water partition coefficient (Wildman–Crippen LogP) is 3.47. The number of anilines is 1. The first-order valence-corrected chi connectivity index (χ1v) is 9.70. The maximum Gasteiger partial charge on any atom is 0.263 e. The van der Waals surface area contributed by atoms with E-state index in [0.29, 0.717) is 33.2 Å². The van der Waals surface area contributed by atoms with Crippen LogP contribution in [0.15, 0.2) is 35.1 Å². The smallest absolute Gasteiger partial charge is 0.263 e. The van der Waals surface area contributed by atoms with E-state index < -0.39 is 5.91 Å². The molecule has 150 valence electrons. The van der Waals surface area contributed by atoms with Gasteiger partial charge in [0.15, 0.2) is 6.61 Å². The Morgan fingerprint density at radius 3 is 2.79 bits per heavy atom. The van der Waals surface area contributed by atoms with Crippen LogP contribution in [0.1, 0.15) is 30.1 Å². The quantitative estimate of drug-likeness (QED) is 0.619. The van der Waals surface area contributed by atoms with Crippen LogP contribution in [-0.4, -0.2) is 32.3 Å². The van der Waals surface area contributed by atoms with Gasteiger partial charge >= 0.3 is 0 Å². The van der Waals surface area contributed by atoms with Gasteiger partial charge in [-0.25, -0.2) is 4.98 Å². The lowest BCUT2D eigenvalue weighted by Crippen LogP contribution is -2.23. The first kappa shape index (κ1) is 19.5. The Morgan fingerprint density at radius 1 is 1.31 bits per heavy atom. The number of halogens is 2. The second kappa shape index (κ2) is 7.88. The molecule has 0 bridgehead atoms. The first-order chi connectivity index (χ1) is 13.9. The SMILES string of the molecule is Cc1cc(=O)[nH]c(-n2nc(C3CC3)cc2NC(=O)COc2ccc(Cl)cc2Cl)n1. The molecule has 2 heterocycles. The van der Waals surface area contributed by atoms with Gasteiger partial charge in [-0.05, 0) is 38.0 Å². The maximum absolute atomic E-state index is 12.4. The minimum absolute atomic E-state index is 0.235. The van der Waals surface area contributed by atoms with E-state index in [1.54, 1.807) is 25.1 Å². The number of carbonyl (C=O) groups is 1. The molecule has 8 nitrogen and oxygen atoms in total. The molecule has 3 aromatic rings. The number of nitrogens with one attached hydrogen (secondary N) is 2. The van der Waals surface area contributed by atoms with Crippen molar-refractivity contribution in [1.82, 2.24) is 19.7 Å².